The van der Waals surface area contributed by atoms with E-state index in [2.05, 4.69) is 28.9 Å². The minimum absolute atomic E-state index is 0.0144. The number of benzene rings is 3. The Kier molecular flexibility index (Phi) is 12.7. The maximum Gasteiger partial charge on any atom is 0.407 e. The fourth-order valence-corrected chi connectivity index (χ4v) is 11.7. The number of piperidine rings is 1. The van der Waals surface area contributed by atoms with E-state index in [1.54, 1.807) is 48.5 Å². The Hall–Kier alpha value is -5.65. The van der Waals surface area contributed by atoms with Gasteiger partial charge in [-0.15, -0.1) is 0 Å². The lowest BCUT2D eigenvalue weighted by molar-refractivity contribution is -0.197. The highest BCUT2D eigenvalue weighted by molar-refractivity contribution is 7.90. The Bertz CT molecular complexity index is 2980. The molecule has 3 aliphatic heterocycles. The van der Waals surface area contributed by atoms with Gasteiger partial charge in [0.25, 0.3) is 15.6 Å². The smallest absolute Gasteiger partial charge is 0.407 e. The molecule has 3 aromatic heterocycles. The number of fused-ring (bicyclic) bond motifs is 2. The normalized spacial score (nSPS) is 21.9. The predicted octanol–water partition coefficient (Wildman–Crippen LogP) is 7.75. The molecule has 68 heavy (non-hydrogen) atoms. The molecule has 1 aliphatic carbocycles. The minimum Gasteiger partial charge on any atom is -0.465 e. The summed E-state index contributed by atoms with van der Waals surface area (Å²) in [5.74, 6) is 1.04. The van der Waals surface area contributed by atoms with Gasteiger partial charge in [-0.25, -0.2) is 27.2 Å². The van der Waals surface area contributed by atoms with Gasteiger partial charge in [0, 0.05) is 87.2 Å². The van der Waals surface area contributed by atoms with E-state index in [1.165, 1.54) is 10.8 Å². The van der Waals surface area contributed by atoms with Crippen molar-refractivity contribution in [3.8, 4) is 11.1 Å². The van der Waals surface area contributed by atoms with E-state index >= 15 is 0 Å². The number of ether oxygens (including phenoxy) is 3. The number of hydrogen-bond acceptors (Lipinski definition) is 11. The summed E-state index contributed by atoms with van der Waals surface area (Å²) in [5.41, 5.74) is 3.07. The first-order valence-electron chi connectivity index (χ1n) is 24.1. The van der Waals surface area contributed by atoms with E-state index in [0.717, 1.165) is 90.6 Å². The Balaban J connectivity index is 1.08. The van der Waals surface area contributed by atoms with Gasteiger partial charge in [0.15, 0.2) is 11.9 Å². The molecular formula is C52H61N7O8S. The molecule has 4 fully saturated rings. The van der Waals surface area contributed by atoms with Crippen molar-refractivity contribution in [1.82, 2.24) is 28.3 Å². The van der Waals surface area contributed by atoms with Crippen LogP contribution in [0.5, 0.6) is 0 Å². The van der Waals surface area contributed by atoms with E-state index in [4.69, 9.17) is 24.2 Å². The highest BCUT2D eigenvalue weighted by Crippen LogP contribution is 2.44. The third-order valence-electron chi connectivity index (χ3n) is 14.4. The lowest BCUT2D eigenvalue weighted by atomic mass is 9.87. The lowest BCUT2D eigenvalue weighted by Gasteiger charge is -2.45. The van der Waals surface area contributed by atoms with Gasteiger partial charge < -0.3 is 33.7 Å². The number of rotatable bonds is 13. The van der Waals surface area contributed by atoms with Crippen LogP contribution in [0.2, 0.25) is 0 Å². The van der Waals surface area contributed by atoms with Crippen molar-refractivity contribution in [3.63, 3.8) is 0 Å². The number of aryl methyl sites for hydroxylation is 2. The second kappa shape index (κ2) is 18.7. The van der Waals surface area contributed by atoms with Crippen molar-refractivity contribution in [2.75, 3.05) is 50.8 Å². The monoisotopic (exact) mass is 943 g/mol. The summed E-state index contributed by atoms with van der Waals surface area (Å²) in [4.78, 5) is 43.0. The van der Waals surface area contributed by atoms with Gasteiger partial charge in [-0.1, -0.05) is 54.1 Å². The van der Waals surface area contributed by atoms with Crippen LogP contribution in [-0.4, -0.2) is 118 Å². The van der Waals surface area contributed by atoms with Crippen LogP contribution in [0.15, 0.2) is 101 Å². The van der Waals surface area contributed by atoms with Crippen molar-refractivity contribution in [1.29, 1.82) is 0 Å². The van der Waals surface area contributed by atoms with E-state index in [1.807, 2.05) is 50.2 Å². The zero-order valence-corrected chi connectivity index (χ0v) is 40.1. The molecule has 4 aliphatic rings. The van der Waals surface area contributed by atoms with Crippen LogP contribution in [-0.2, 0) is 36.9 Å². The standard InChI is InChI=1S/C52H61N7O8S/c1-34-13-18-41(19-14-34)68(63,64)59-26-23-42-44(32-55(4)49(60)47(42)59)38-15-20-45-43(28-38)48(52(67-40-16-17-40,39-10-6-5-7-11-39)33-66-46-12-8-9-27-65-46)54-50(53-45)56-24-21-37(22-25-56)31-57-29-36(3)58(51(61)62)30-35(57)2/h5-7,10-11,13-15,18-20,23,26,28,32,35-37,40,46H,8-9,12,16-17,21-22,24-25,27,29-31,33H2,1-4H3,(H,61,62)/t35-,36+,46?,52?/m0/s1. The molecule has 1 saturated carbocycles. The summed E-state index contributed by atoms with van der Waals surface area (Å²) < 4.78 is 51.0. The van der Waals surface area contributed by atoms with Crippen molar-refractivity contribution < 1.29 is 32.5 Å². The van der Waals surface area contributed by atoms with Crippen LogP contribution >= 0.6 is 0 Å². The number of pyridine rings is 1. The number of hydrogen-bond donors (Lipinski definition) is 1. The fraction of sp³-hybridized carbons (Fsp3) is 0.462. The summed E-state index contributed by atoms with van der Waals surface area (Å²) in [6.07, 6.45) is 8.40. The molecule has 10 rings (SSSR count). The number of piperazine rings is 1. The second-order valence-electron chi connectivity index (χ2n) is 19.4. The molecule has 1 N–H and O–H groups in total. The molecule has 0 bridgehead atoms. The lowest BCUT2D eigenvalue weighted by Crippen LogP contribution is -2.58. The van der Waals surface area contributed by atoms with Gasteiger partial charge in [-0.05, 0) is 113 Å². The highest BCUT2D eigenvalue weighted by Gasteiger charge is 2.45. The molecule has 3 saturated heterocycles. The first-order chi connectivity index (χ1) is 32.8. The molecule has 1 amide bonds. The molecule has 16 heteroatoms. The number of amides is 1. The molecule has 0 spiro atoms. The SMILES string of the molecule is Cc1ccc(S(=O)(=O)n2ccc3c(-c4ccc5nc(N6CCC(CN7C[C@@H](C)N(C(=O)O)C[C@@H]7C)CC6)nc(C(COC6CCCCO6)(OC6CC6)c6ccccc6)c5c4)cn(C)c(=O)c32)cc1. The van der Waals surface area contributed by atoms with Crippen molar-refractivity contribution in [2.45, 2.75) is 101 Å². The van der Waals surface area contributed by atoms with Gasteiger partial charge in [-0.3, -0.25) is 9.69 Å². The topological polar surface area (TPSA) is 162 Å². The molecule has 4 atom stereocenters. The molecular weight excluding hydrogens is 883 g/mol. The molecule has 6 aromatic rings. The zero-order chi connectivity index (χ0) is 47.3. The Morgan fingerprint density at radius 2 is 1.66 bits per heavy atom. The molecule has 15 nitrogen and oxygen atoms in total. The third kappa shape index (κ3) is 8.92. The van der Waals surface area contributed by atoms with Crippen LogP contribution in [0.3, 0.4) is 0 Å². The number of carbonyl (C=O) groups is 1. The molecule has 2 unspecified atom stereocenters. The maximum absolute atomic E-state index is 14.1. The van der Waals surface area contributed by atoms with Crippen molar-refractivity contribution in [3.05, 3.63) is 118 Å². The van der Waals surface area contributed by atoms with Crippen molar-refractivity contribution in [2.24, 2.45) is 13.0 Å². The molecule has 3 aromatic carbocycles. The minimum atomic E-state index is -4.11. The number of aromatic nitrogens is 4. The zero-order valence-electron chi connectivity index (χ0n) is 39.3. The van der Waals surface area contributed by atoms with Crippen LogP contribution in [0, 0.1) is 12.8 Å². The first-order valence-corrected chi connectivity index (χ1v) is 25.5. The average Bonchev–Trinajstić information content (AvgIpc) is 4.05. The first kappa shape index (κ1) is 46.1. The largest absolute Gasteiger partial charge is 0.465 e. The van der Waals surface area contributed by atoms with Crippen molar-refractivity contribution >= 4 is 43.9 Å². The number of carboxylic acid groups (broad SMARTS) is 1. The van der Waals surface area contributed by atoms with Gasteiger partial charge in [-0.2, -0.15) is 0 Å². The van der Waals surface area contributed by atoms with Gasteiger partial charge in [0.1, 0.15) is 5.52 Å². The fourth-order valence-electron chi connectivity index (χ4n) is 10.4. The third-order valence-corrected chi connectivity index (χ3v) is 16.1. The van der Waals surface area contributed by atoms with E-state index in [0.29, 0.717) is 53.7 Å². The predicted molar refractivity (Wildman–Crippen MR) is 261 cm³/mol. The summed E-state index contributed by atoms with van der Waals surface area (Å²) in [5, 5.41) is 11.0. The summed E-state index contributed by atoms with van der Waals surface area (Å²) in [6.45, 7) is 10.4. The number of anilines is 1. The summed E-state index contributed by atoms with van der Waals surface area (Å²) in [6, 6.07) is 24.6. The van der Waals surface area contributed by atoms with Crippen LogP contribution < -0.4 is 10.5 Å². The maximum atomic E-state index is 14.1. The Labute approximate surface area is 397 Å². The number of nitrogens with zero attached hydrogens (tertiary/aromatic N) is 7. The van der Waals surface area contributed by atoms with Crippen LogP contribution in [0.1, 0.15) is 75.6 Å². The summed E-state index contributed by atoms with van der Waals surface area (Å²) >= 11 is 0. The Morgan fingerprint density at radius 1 is 0.897 bits per heavy atom. The Morgan fingerprint density at radius 3 is 2.37 bits per heavy atom. The van der Waals surface area contributed by atoms with Gasteiger partial charge in [0.2, 0.25) is 5.95 Å². The van der Waals surface area contributed by atoms with E-state index in [-0.39, 0.29) is 35.2 Å². The average molecular weight is 944 g/mol. The van der Waals surface area contributed by atoms with E-state index < -0.39 is 33.6 Å². The molecule has 6 heterocycles. The molecule has 0 radical (unpaired) electrons. The van der Waals surface area contributed by atoms with Gasteiger partial charge >= 0.3 is 6.09 Å². The van der Waals surface area contributed by atoms with Crippen LogP contribution in [0.25, 0.3) is 32.9 Å². The van der Waals surface area contributed by atoms with E-state index in [9.17, 15) is 23.1 Å². The quantitative estimate of drug-likeness (QED) is 0.120. The molecule has 358 valence electrons. The van der Waals surface area contributed by atoms with Crippen LogP contribution in [0.4, 0.5) is 10.7 Å². The highest BCUT2D eigenvalue weighted by atomic mass is 32.2. The summed E-state index contributed by atoms with van der Waals surface area (Å²) in [7, 11) is -2.47. The second-order valence-corrected chi connectivity index (χ2v) is 21.2. The van der Waals surface area contributed by atoms with Gasteiger partial charge in [0.05, 0.1) is 28.8 Å².